The van der Waals surface area contributed by atoms with Crippen LogP contribution in [0.25, 0.3) is 17.3 Å². The molecule has 3 aromatic heterocycles. The van der Waals surface area contributed by atoms with E-state index >= 15 is 0 Å². The van der Waals surface area contributed by atoms with Crippen molar-refractivity contribution in [3.8, 4) is 17.3 Å². The highest BCUT2D eigenvalue weighted by molar-refractivity contribution is 7.98. The van der Waals surface area contributed by atoms with Crippen LogP contribution in [-0.2, 0) is 12.2 Å². The summed E-state index contributed by atoms with van der Waals surface area (Å²) in [5.41, 5.74) is 3.33. The number of hydrogen-bond acceptors (Lipinski definition) is 7. The Morgan fingerprint density at radius 2 is 1.71 bits per heavy atom. The minimum absolute atomic E-state index is 0.181. The molecule has 0 spiro atoms. The third-order valence-electron chi connectivity index (χ3n) is 6.37. The monoisotopic (exact) mass is 597 g/mol. The Kier molecular flexibility index (Phi) is 8.27. The molecule has 0 aliphatic carbocycles. The van der Waals surface area contributed by atoms with E-state index in [0.29, 0.717) is 39.6 Å². The lowest BCUT2D eigenvalue weighted by Gasteiger charge is -2.19. The Morgan fingerprint density at radius 3 is 2.46 bits per heavy atom. The van der Waals surface area contributed by atoms with Gasteiger partial charge in [-0.05, 0) is 41.8 Å². The molecule has 0 fully saturated rings. The van der Waals surface area contributed by atoms with Gasteiger partial charge in [-0.25, -0.2) is 4.98 Å². The van der Waals surface area contributed by atoms with Gasteiger partial charge in [0, 0.05) is 5.38 Å². The molecule has 1 atom stereocenters. The van der Waals surface area contributed by atoms with E-state index in [9.17, 15) is 4.79 Å². The normalized spacial score (nSPS) is 11.8. The molecule has 7 nitrogen and oxygen atoms in total. The largest absolute Gasteiger partial charge is 0.461 e. The molecule has 1 amide bonds. The number of aromatic nitrogens is 4. The van der Waals surface area contributed by atoms with Crippen LogP contribution in [0.4, 0.5) is 0 Å². The number of nitrogens with one attached hydrogen (secondary N) is 1. The third-order valence-corrected chi connectivity index (χ3v) is 8.66. The number of thiazole rings is 1. The van der Waals surface area contributed by atoms with E-state index < -0.39 is 0 Å². The van der Waals surface area contributed by atoms with Gasteiger partial charge in [0.2, 0.25) is 5.82 Å². The molecule has 6 rings (SSSR count). The number of hydrogen-bond donors (Lipinski definition) is 1. The molecule has 10 heteroatoms. The number of carbonyl (C=O) groups excluding carboxylic acids is 1. The summed E-state index contributed by atoms with van der Waals surface area (Å²) < 4.78 is 7.47. The number of nitrogens with zero attached hydrogens (tertiary/aromatic N) is 4. The second-order valence-electron chi connectivity index (χ2n) is 9.11. The molecule has 41 heavy (non-hydrogen) atoms. The topological polar surface area (TPSA) is 85.8 Å². The summed E-state index contributed by atoms with van der Waals surface area (Å²) in [6.45, 7) is 0. The zero-order valence-electron chi connectivity index (χ0n) is 21.7. The fourth-order valence-corrected chi connectivity index (χ4v) is 6.36. The lowest BCUT2D eigenvalue weighted by atomic mass is 9.99. The number of furan rings is 1. The van der Waals surface area contributed by atoms with Gasteiger partial charge in [0.05, 0.1) is 28.8 Å². The van der Waals surface area contributed by atoms with Gasteiger partial charge in [-0.1, -0.05) is 96.2 Å². The van der Waals surface area contributed by atoms with Crippen molar-refractivity contribution in [2.45, 2.75) is 23.4 Å². The first kappa shape index (κ1) is 27.0. The molecule has 3 heterocycles. The van der Waals surface area contributed by atoms with Crippen molar-refractivity contribution in [1.29, 1.82) is 0 Å². The van der Waals surface area contributed by atoms with E-state index in [1.165, 1.54) is 23.1 Å². The van der Waals surface area contributed by atoms with Gasteiger partial charge in [-0.15, -0.1) is 21.5 Å². The van der Waals surface area contributed by atoms with Gasteiger partial charge in [-0.3, -0.25) is 9.36 Å². The van der Waals surface area contributed by atoms with Crippen LogP contribution in [0.1, 0.15) is 32.7 Å². The van der Waals surface area contributed by atoms with Gasteiger partial charge in [0.15, 0.2) is 10.9 Å². The van der Waals surface area contributed by atoms with Gasteiger partial charge < -0.3 is 9.73 Å². The van der Waals surface area contributed by atoms with E-state index in [1.54, 1.807) is 17.7 Å². The first-order chi connectivity index (χ1) is 20.2. The highest BCUT2D eigenvalue weighted by Crippen LogP contribution is 2.33. The van der Waals surface area contributed by atoms with Crippen LogP contribution in [0.2, 0.25) is 5.02 Å². The zero-order valence-corrected chi connectivity index (χ0v) is 24.1. The lowest BCUT2D eigenvalue weighted by molar-refractivity contribution is 0.0932. The SMILES string of the molecule is O=C(NC(Cc1ccccc1)c1ccccc1)c1csc(CSc2nnc(-c3ccco3)n2-c2ccccc2Cl)n1. The fourth-order valence-electron chi connectivity index (χ4n) is 4.41. The predicted octanol–water partition coefficient (Wildman–Crippen LogP) is 7.64. The minimum atomic E-state index is -0.207. The Balaban J connectivity index is 1.19. The Bertz CT molecular complexity index is 1740. The van der Waals surface area contributed by atoms with Crippen LogP contribution in [0.3, 0.4) is 0 Å². The second-order valence-corrected chi connectivity index (χ2v) is 11.4. The van der Waals surface area contributed by atoms with Gasteiger partial charge in [0.1, 0.15) is 10.7 Å². The zero-order chi connectivity index (χ0) is 28.0. The molecule has 0 saturated carbocycles. The molecular weight excluding hydrogens is 574 g/mol. The predicted molar refractivity (Wildman–Crippen MR) is 163 cm³/mol. The molecule has 1 unspecified atom stereocenters. The summed E-state index contributed by atoms with van der Waals surface area (Å²) in [7, 11) is 0. The van der Waals surface area contributed by atoms with E-state index in [0.717, 1.165) is 21.8 Å². The molecule has 3 aromatic carbocycles. The second kappa shape index (κ2) is 12.6. The summed E-state index contributed by atoms with van der Waals surface area (Å²) in [4.78, 5) is 17.9. The van der Waals surface area contributed by atoms with E-state index in [-0.39, 0.29) is 11.9 Å². The number of thioether (sulfide) groups is 1. The summed E-state index contributed by atoms with van der Waals surface area (Å²) in [5, 5.41) is 15.8. The standard InChI is InChI=1S/C31H24ClN5O2S2/c32-23-14-7-8-15-26(23)37-29(27-16-9-17-39-27)35-36-31(37)41-20-28-33-25(19-40-28)30(38)34-24(22-12-5-2-6-13-22)18-21-10-3-1-4-11-21/h1-17,19,24H,18,20H2,(H,34,38). The Morgan fingerprint density at radius 1 is 0.951 bits per heavy atom. The molecule has 0 saturated heterocycles. The number of para-hydroxylation sites is 1. The van der Waals surface area contributed by atoms with Crippen molar-refractivity contribution in [2.75, 3.05) is 0 Å². The first-order valence-electron chi connectivity index (χ1n) is 12.9. The number of amides is 1. The van der Waals surface area contributed by atoms with Crippen LogP contribution in [0.15, 0.2) is 118 Å². The van der Waals surface area contributed by atoms with Crippen LogP contribution in [0.5, 0.6) is 0 Å². The minimum Gasteiger partial charge on any atom is -0.461 e. The average Bonchev–Trinajstić information content (AvgIpc) is 3.78. The van der Waals surface area contributed by atoms with Crippen LogP contribution in [-0.4, -0.2) is 25.7 Å². The maximum atomic E-state index is 13.3. The number of benzene rings is 3. The van der Waals surface area contributed by atoms with Crippen molar-refractivity contribution in [3.63, 3.8) is 0 Å². The van der Waals surface area contributed by atoms with E-state index in [4.69, 9.17) is 16.0 Å². The molecule has 204 valence electrons. The molecule has 0 radical (unpaired) electrons. The summed E-state index contributed by atoms with van der Waals surface area (Å²) in [6.07, 6.45) is 2.28. The Labute approximate surface area is 250 Å². The molecule has 6 aromatic rings. The van der Waals surface area contributed by atoms with Crippen molar-refractivity contribution < 1.29 is 9.21 Å². The molecule has 0 aliphatic heterocycles. The maximum absolute atomic E-state index is 13.3. The number of rotatable bonds is 10. The van der Waals surface area contributed by atoms with Gasteiger partial charge in [0.25, 0.3) is 5.91 Å². The third kappa shape index (κ3) is 6.27. The van der Waals surface area contributed by atoms with Crippen LogP contribution < -0.4 is 5.32 Å². The van der Waals surface area contributed by atoms with Crippen molar-refractivity contribution >= 4 is 40.6 Å². The number of halogens is 1. The quantitative estimate of drug-likeness (QED) is 0.163. The van der Waals surface area contributed by atoms with E-state index in [2.05, 4.69) is 32.6 Å². The van der Waals surface area contributed by atoms with Crippen molar-refractivity contribution in [1.82, 2.24) is 25.1 Å². The van der Waals surface area contributed by atoms with E-state index in [1.807, 2.05) is 83.4 Å². The van der Waals surface area contributed by atoms with Crippen LogP contribution in [0, 0.1) is 0 Å². The lowest BCUT2D eigenvalue weighted by Crippen LogP contribution is -2.30. The Hall–Kier alpha value is -4.18. The summed E-state index contributed by atoms with van der Waals surface area (Å²) >= 11 is 9.45. The molecule has 1 N–H and O–H groups in total. The average molecular weight is 598 g/mol. The highest BCUT2D eigenvalue weighted by atomic mass is 35.5. The van der Waals surface area contributed by atoms with Crippen LogP contribution >= 0.6 is 34.7 Å². The number of carbonyl (C=O) groups is 1. The maximum Gasteiger partial charge on any atom is 0.271 e. The smallest absolute Gasteiger partial charge is 0.271 e. The summed E-state index contributed by atoms with van der Waals surface area (Å²) in [5.74, 6) is 1.43. The molecular formula is C31H24ClN5O2S2. The first-order valence-corrected chi connectivity index (χ1v) is 15.1. The molecule has 0 bridgehead atoms. The molecule has 0 aliphatic rings. The van der Waals surface area contributed by atoms with Crippen molar-refractivity contribution in [3.05, 3.63) is 136 Å². The fraction of sp³-hybridized carbons (Fsp3) is 0.0968. The summed E-state index contributed by atoms with van der Waals surface area (Å²) in [6, 6.07) is 31.1. The highest BCUT2D eigenvalue weighted by Gasteiger charge is 2.22. The van der Waals surface area contributed by atoms with Gasteiger partial charge >= 0.3 is 0 Å². The van der Waals surface area contributed by atoms with Crippen molar-refractivity contribution in [2.24, 2.45) is 0 Å². The van der Waals surface area contributed by atoms with Gasteiger partial charge in [-0.2, -0.15) is 0 Å².